The Morgan fingerprint density at radius 1 is 1.32 bits per heavy atom. The summed E-state index contributed by atoms with van der Waals surface area (Å²) in [5.41, 5.74) is 3.06. The van der Waals surface area contributed by atoms with Crippen LogP contribution < -0.4 is 16.2 Å². The minimum atomic E-state index is -0.247. The number of carbonyl (C=O) groups excluding carboxylic acids is 1. The highest BCUT2D eigenvalue weighted by Gasteiger charge is 2.14. The summed E-state index contributed by atoms with van der Waals surface area (Å²) in [6, 6.07) is 9.37. The molecule has 1 amide bonds. The van der Waals surface area contributed by atoms with Crippen molar-refractivity contribution in [3.8, 4) is 0 Å². The van der Waals surface area contributed by atoms with Gasteiger partial charge in [-0.1, -0.05) is 19.1 Å². The first-order valence-electron chi connectivity index (χ1n) is 8.23. The lowest BCUT2D eigenvalue weighted by molar-refractivity contribution is -0.115. The zero-order chi connectivity index (χ0) is 17.8. The number of amides is 1. The lowest BCUT2D eigenvalue weighted by atomic mass is 10.1. The molecular weight excluding hydrogens is 318 g/mol. The van der Waals surface area contributed by atoms with Gasteiger partial charge in [-0.25, -0.2) is 9.50 Å². The van der Waals surface area contributed by atoms with Gasteiger partial charge in [0.2, 0.25) is 5.91 Å². The topological polar surface area (TPSA) is 91.3 Å². The summed E-state index contributed by atoms with van der Waals surface area (Å²) in [5.74, 6) is -0.242. The van der Waals surface area contributed by atoms with Crippen molar-refractivity contribution in [2.24, 2.45) is 0 Å². The minimum absolute atomic E-state index is 0.0168. The molecular formula is C18H21N5O2. The highest BCUT2D eigenvalue weighted by molar-refractivity contribution is 5.92. The molecule has 0 saturated carbocycles. The number of carbonyl (C=O) groups is 1. The predicted molar refractivity (Wildman–Crippen MR) is 96.7 cm³/mol. The molecule has 7 nitrogen and oxygen atoms in total. The first-order chi connectivity index (χ1) is 12.1. The van der Waals surface area contributed by atoms with E-state index in [4.69, 9.17) is 0 Å². The average molecular weight is 339 g/mol. The summed E-state index contributed by atoms with van der Waals surface area (Å²) >= 11 is 0. The Bertz CT molecular complexity index is 957. The zero-order valence-electron chi connectivity index (χ0n) is 14.3. The van der Waals surface area contributed by atoms with E-state index >= 15 is 0 Å². The van der Waals surface area contributed by atoms with Crippen LogP contribution in [-0.2, 0) is 17.8 Å². The minimum Gasteiger partial charge on any atom is -0.326 e. The fourth-order valence-electron chi connectivity index (χ4n) is 2.70. The summed E-state index contributed by atoms with van der Waals surface area (Å²) in [6.45, 7) is 5.41. The maximum absolute atomic E-state index is 12.5. The third kappa shape index (κ3) is 3.77. The van der Waals surface area contributed by atoms with E-state index in [9.17, 15) is 9.59 Å². The van der Waals surface area contributed by atoms with Gasteiger partial charge in [-0.15, -0.1) is 0 Å². The molecule has 3 aromatic rings. The molecule has 1 aromatic carbocycles. The molecule has 0 saturated heterocycles. The summed E-state index contributed by atoms with van der Waals surface area (Å²) in [5, 5.41) is 8.90. The second-order valence-electron chi connectivity index (χ2n) is 5.84. The molecule has 0 aliphatic rings. The molecule has 0 aliphatic heterocycles. The van der Waals surface area contributed by atoms with Crippen molar-refractivity contribution in [2.45, 2.75) is 26.8 Å². The fraction of sp³-hybridized carbons (Fsp3) is 0.278. The van der Waals surface area contributed by atoms with Crippen molar-refractivity contribution in [1.29, 1.82) is 0 Å². The van der Waals surface area contributed by atoms with E-state index in [0.717, 1.165) is 18.7 Å². The second-order valence-corrected chi connectivity index (χ2v) is 5.84. The van der Waals surface area contributed by atoms with Crippen LogP contribution in [0.1, 0.15) is 23.7 Å². The van der Waals surface area contributed by atoms with Crippen LogP contribution >= 0.6 is 0 Å². The third-order valence-electron chi connectivity index (χ3n) is 3.97. The third-order valence-corrected chi connectivity index (χ3v) is 3.97. The van der Waals surface area contributed by atoms with Gasteiger partial charge in [0.15, 0.2) is 5.65 Å². The molecule has 0 spiro atoms. The number of aromatic amines is 1. The molecule has 130 valence electrons. The molecule has 2 aromatic heterocycles. The molecule has 3 N–H and O–H groups in total. The van der Waals surface area contributed by atoms with Gasteiger partial charge >= 0.3 is 0 Å². The highest BCUT2D eigenvalue weighted by Crippen LogP contribution is 2.12. The van der Waals surface area contributed by atoms with E-state index < -0.39 is 0 Å². The van der Waals surface area contributed by atoms with Gasteiger partial charge in [0.25, 0.3) is 5.56 Å². The zero-order valence-corrected chi connectivity index (χ0v) is 14.3. The number of aryl methyl sites for hydroxylation is 1. The van der Waals surface area contributed by atoms with Crippen molar-refractivity contribution >= 4 is 17.2 Å². The second kappa shape index (κ2) is 7.31. The normalized spacial score (nSPS) is 11.0. The number of benzene rings is 1. The quantitative estimate of drug-likeness (QED) is 0.636. The Kier molecular flexibility index (Phi) is 4.95. The number of fused-ring (bicyclic) bond motifs is 1. The molecule has 0 bridgehead atoms. The molecule has 7 heteroatoms. The van der Waals surface area contributed by atoms with Crippen molar-refractivity contribution in [2.75, 3.05) is 11.9 Å². The van der Waals surface area contributed by atoms with Crippen LogP contribution in [0.15, 0.2) is 41.3 Å². The average Bonchev–Trinajstić information content (AvgIpc) is 3.05. The molecule has 0 atom stereocenters. The van der Waals surface area contributed by atoms with Crippen molar-refractivity contribution in [3.05, 3.63) is 63.7 Å². The van der Waals surface area contributed by atoms with Crippen LogP contribution in [0.3, 0.4) is 0 Å². The Morgan fingerprint density at radius 3 is 2.96 bits per heavy atom. The molecule has 0 radical (unpaired) electrons. The first kappa shape index (κ1) is 16.9. The van der Waals surface area contributed by atoms with E-state index in [1.165, 1.54) is 4.52 Å². The number of aromatic nitrogens is 3. The van der Waals surface area contributed by atoms with Gasteiger partial charge in [0.05, 0.1) is 6.42 Å². The smallest absolute Gasteiger partial charge is 0.276 e. The summed E-state index contributed by atoms with van der Waals surface area (Å²) in [6.07, 6.45) is 1.62. The number of hydrogen-bond acceptors (Lipinski definition) is 4. The largest absolute Gasteiger partial charge is 0.326 e. The molecule has 0 fully saturated rings. The van der Waals surface area contributed by atoms with Crippen LogP contribution in [0.5, 0.6) is 0 Å². The van der Waals surface area contributed by atoms with Gasteiger partial charge in [-0.2, -0.15) is 0 Å². The Balaban J connectivity index is 1.76. The number of nitrogens with zero attached hydrogens (tertiary/aromatic N) is 2. The van der Waals surface area contributed by atoms with Crippen LogP contribution in [0.4, 0.5) is 5.69 Å². The van der Waals surface area contributed by atoms with E-state index in [0.29, 0.717) is 22.6 Å². The molecule has 25 heavy (non-hydrogen) atoms. The van der Waals surface area contributed by atoms with Crippen LogP contribution in [-0.4, -0.2) is 27.0 Å². The lowest BCUT2D eigenvalue weighted by Gasteiger charge is -2.09. The summed E-state index contributed by atoms with van der Waals surface area (Å²) in [7, 11) is 0. The van der Waals surface area contributed by atoms with Gasteiger partial charge in [-0.3, -0.25) is 14.7 Å². The maximum Gasteiger partial charge on any atom is 0.276 e. The Morgan fingerprint density at radius 2 is 2.16 bits per heavy atom. The van der Waals surface area contributed by atoms with E-state index in [1.54, 1.807) is 19.2 Å². The molecule has 2 heterocycles. The van der Waals surface area contributed by atoms with Gasteiger partial charge in [0.1, 0.15) is 0 Å². The number of H-pyrrole nitrogens is 1. The predicted octanol–water partition coefficient (Wildman–Crippen LogP) is 1.62. The highest BCUT2D eigenvalue weighted by atomic mass is 16.2. The number of nitrogens with one attached hydrogen (secondary N) is 3. The Labute approximate surface area is 145 Å². The van der Waals surface area contributed by atoms with Crippen molar-refractivity contribution in [3.63, 3.8) is 0 Å². The molecule has 3 rings (SSSR count). The Hall–Kier alpha value is -2.93. The van der Waals surface area contributed by atoms with E-state index in [-0.39, 0.29) is 17.9 Å². The van der Waals surface area contributed by atoms with E-state index in [2.05, 4.69) is 20.7 Å². The lowest BCUT2D eigenvalue weighted by Crippen LogP contribution is -2.26. The van der Waals surface area contributed by atoms with Crippen LogP contribution in [0.25, 0.3) is 5.65 Å². The van der Waals surface area contributed by atoms with Crippen molar-refractivity contribution in [1.82, 2.24) is 19.9 Å². The number of anilines is 1. The monoisotopic (exact) mass is 339 g/mol. The fourth-order valence-corrected chi connectivity index (χ4v) is 2.70. The van der Waals surface area contributed by atoms with Gasteiger partial charge < -0.3 is 10.6 Å². The SMILES string of the molecule is CCNCc1cccc(NC(=O)Cc2c(C)nc3cc[nH]n3c2=O)c1. The first-order valence-corrected chi connectivity index (χ1v) is 8.23. The number of hydrogen-bond donors (Lipinski definition) is 3. The van der Waals surface area contributed by atoms with Gasteiger partial charge in [0, 0.05) is 35.8 Å². The van der Waals surface area contributed by atoms with E-state index in [1.807, 2.05) is 31.2 Å². The van der Waals surface area contributed by atoms with Crippen LogP contribution in [0.2, 0.25) is 0 Å². The molecule has 0 unspecified atom stereocenters. The standard InChI is InChI=1S/C18H21N5O2/c1-3-19-11-13-5-4-6-14(9-13)22-17(24)10-15-12(2)21-16-7-8-20-23(16)18(15)25/h4-9,19-20H,3,10-11H2,1-2H3,(H,22,24). The number of rotatable bonds is 6. The van der Waals surface area contributed by atoms with Crippen LogP contribution in [0, 0.1) is 6.92 Å². The summed E-state index contributed by atoms with van der Waals surface area (Å²) in [4.78, 5) is 29.2. The summed E-state index contributed by atoms with van der Waals surface area (Å²) < 4.78 is 1.34. The van der Waals surface area contributed by atoms with Crippen molar-refractivity contribution < 1.29 is 4.79 Å². The molecule has 0 aliphatic carbocycles. The van der Waals surface area contributed by atoms with Gasteiger partial charge in [-0.05, 0) is 31.2 Å². The maximum atomic E-state index is 12.5.